The summed E-state index contributed by atoms with van der Waals surface area (Å²) in [6, 6.07) is 9.88. The monoisotopic (exact) mass is 379 g/mol. The fraction of sp³-hybridized carbons (Fsp3) is 0. The standard InChI is InChI=1S/C21H13N7O/c1-2-13(12-4-7-29-11-12)19-15(3-1)25-21(26-19)20-14-8-16(18-9-22-5-6-23-18)24-10-17(14)27-28-20/h1-11H,(H,25,26)(H,27,28). The highest BCUT2D eigenvalue weighted by Gasteiger charge is 2.16. The highest BCUT2D eigenvalue weighted by molar-refractivity contribution is 5.97. The summed E-state index contributed by atoms with van der Waals surface area (Å²) in [4.78, 5) is 21.1. The zero-order valence-corrected chi connectivity index (χ0v) is 15.0. The molecular formula is C21H13N7O. The Morgan fingerprint density at radius 1 is 0.931 bits per heavy atom. The van der Waals surface area contributed by atoms with E-state index in [2.05, 4.69) is 30.1 Å². The van der Waals surface area contributed by atoms with Gasteiger partial charge in [0, 0.05) is 28.9 Å². The first-order chi connectivity index (χ1) is 14.4. The fourth-order valence-corrected chi connectivity index (χ4v) is 3.46. The molecule has 0 radical (unpaired) electrons. The summed E-state index contributed by atoms with van der Waals surface area (Å²) < 4.78 is 5.24. The third-order valence-electron chi connectivity index (χ3n) is 4.84. The van der Waals surface area contributed by atoms with Crippen molar-refractivity contribution in [3.63, 3.8) is 0 Å². The lowest BCUT2D eigenvalue weighted by Crippen LogP contribution is -1.88. The Balaban J connectivity index is 1.53. The van der Waals surface area contributed by atoms with Gasteiger partial charge in [-0.2, -0.15) is 5.10 Å². The summed E-state index contributed by atoms with van der Waals surface area (Å²) in [5.41, 5.74) is 6.75. The van der Waals surface area contributed by atoms with Crippen molar-refractivity contribution in [2.75, 3.05) is 0 Å². The number of fused-ring (bicyclic) bond motifs is 2. The predicted molar refractivity (Wildman–Crippen MR) is 108 cm³/mol. The zero-order valence-electron chi connectivity index (χ0n) is 15.0. The minimum atomic E-state index is 0.679. The minimum absolute atomic E-state index is 0.679. The Kier molecular flexibility index (Phi) is 3.30. The van der Waals surface area contributed by atoms with Crippen LogP contribution in [0.2, 0.25) is 0 Å². The number of aromatic amines is 2. The zero-order chi connectivity index (χ0) is 19.2. The topological polar surface area (TPSA) is 109 Å². The van der Waals surface area contributed by atoms with Crippen LogP contribution < -0.4 is 0 Å². The molecule has 0 amide bonds. The van der Waals surface area contributed by atoms with E-state index in [1.807, 2.05) is 30.3 Å². The van der Waals surface area contributed by atoms with Gasteiger partial charge in [0.1, 0.15) is 11.4 Å². The van der Waals surface area contributed by atoms with Crippen molar-refractivity contribution in [2.24, 2.45) is 0 Å². The first kappa shape index (κ1) is 15.7. The Morgan fingerprint density at radius 3 is 2.79 bits per heavy atom. The SMILES string of the molecule is c1cc(-c2ccoc2)c2nc(-c3n[nH]c4cnc(-c5cnccn5)cc34)[nH]c2c1. The Labute approximate surface area is 163 Å². The van der Waals surface area contributed by atoms with Gasteiger partial charge in [-0.3, -0.25) is 20.1 Å². The number of H-pyrrole nitrogens is 2. The van der Waals surface area contributed by atoms with E-state index in [0.29, 0.717) is 11.5 Å². The van der Waals surface area contributed by atoms with Crippen molar-refractivity contribution in [2.45, 2.75) is 0 Å². The van der Waals surface area contributed by atoms with Gasteiger partial charge < -0.3 is 9.40 Å². The molecule has 1 aromatic carbocycles. The van der Waals surface area contributed by atoms with Crippen molar-refractivity contribution < 1.29 is 4.42 Å². The molecule has 2 N–H and O–H groups in total. The van der Waals surface area contributed by atoms with Crippen LogP contribution in [0.15, 0.2) is 72.1 Å². The number of hydrogen-bond acceptors (Lipinski definition) is 6. The number of rotatable bonds is 3. The number of nitrogens with one attached hydrogen (secondary N) is 2. The van der Waals surface area contributed by atoms with Gasteiger partial charge in [0.15, 0.2) is 5.82 Å². The van der Waals surface area contributed by atoms with Gasteiger partial charge in [0.25, 0.3) is 0 Å². The van der Waals surface area contributed by atoms with E-state index in [-0.39, 0.29) is 0 Å². The number of imidazole rings is 1. The van der Waals surface area contributed by atoms with Gasteiger partial charge in [-0.15, -0.1) is 0 Å². The van der Waals surface area contributed by atoms with E-state index in [1.54, 1.807) is 37.3 Å². The van der Waals surface area contributed by atoms with Gasteiger partial charge in [0.2, 0.25) is 0 Å². The maximum atomic E-state index is 5.24. The number of hydrogen-bond donors (Lipinski definition) is 2. The fourth-order valence-electron chi connectivity index (χ4n) is 3.46. The van der Waals surface area contributed by atoms with Crippen LogP contribution in [0.5, 0.6) is 0 Å². The van der Waals surface area contributed by atoms with E-state index >= 15 is 0 Å². The molecule has 0 aliphatic rings. The molecule has 0 spiro atoms. The summed E-state index contributed by atoms with van der Waals surface area (Å²) in [6.07, 6.45) is 10.1. The molecule has 0 saturated carbocycles. The number of nitrogens with zero attached hydrogens (tertiary/aromatic N) is 5. The average Bonchev–Trinajstić information content (AvgIpc) is 3.52. The summed E-state index contributed by atoms with van der Waals surface area (Å²) >= 11 is 0. The molecule has 5 heterocycles. The van der Waals surface area contributed by atoms with Gasteiger partial charge in [-0.1, -0.05) is 12.1 Å². The molecule has 29 heavy (non-hydrogen) atoms. The Bertz CT molecular complexity index is 1450. The van der Waals surface area contributed by atoms with Crippen molar-refractivity contribution >= 4 is 21.9 Å². The van der Waals surface area contributed by atoms with Crippen LogP contribution in [0.25, 0.3) is 56.0 Å². The highest BCUT2D eigenvalue weighted by atomic mass is 16.3. The van der Waals surface area contributed by atoms with Crippen molar-refractivity contribution in [1.29, 1.82) is 0 Å². The first-order valence-corrected chi connectivity index (χ1v) is 8.99. The molecule has 6 rings (SSSR count). The number of para-hydroxylation sites is 1. The van der Waals surface area contributed by atoms with E-state index in [4.69, 9.17) is 9.40 Å². The molecule has 0 aliphatic carbocycles. The molecule has 0 bridgehead atoms. The van der Waals surface area contributed by atoms with Gasteiger partial charge in [0.05, 0.1) is 47.2 Å². The molecule has 0 atom stereocenters. The average molecular weight is 379 g/mol. The Hall–Kier alpha value is -4.33. The third-order valence-corrected chi connectivity index (χ3v) is 4.84. The van der Waals surface area contributed by atoms with E-state index < -0.39 is 0 Å². The lowest BCUT2D eigenvalue weighted by atomic mass is 10.1. The normalized spacial score (nSPS) is 11.4. The number of pyridine rings is 1. The molecule has 138 valence electrons. The van der Waals surface area contributed by atoms with Crippen LogP contribution in [-0.2, 0) is 0 Å². The molecule has 0 fully saturated rings. The summed E-state index contributed by atoms with van der Waals surface area (Å²) in [7, 11) is 0. The molecule has 0 aliphatic heterocycles. The lowest BCUT2D eigenvalue weighted by Gasteiger charge is -1.99. The Morgan fingerprint density at radius 2 is 1.93 bits per heavy atom. The second kappa shape index (κ2) is 6.10. The van der Waals surface area contributed by atoms with E-state index in [1.165, 1.54) is 0 Å². The van der Waals surface area contributed by atoms with Crippen LogP contribution in [0.3, 0.4) is 0 Å². The molecular weight excluding hydrogens is 366 g/mol. The second-order valence-corrected chi connectivity index (χ2v) is 6.58. The molecule has 8 heteroatoms. The molecule has 6 aromatic rings. The smallest absolute Gasteiger partial charge is 0.159 e. The van der Waals surface area contributed by atoms with Crippen LogP contribution in [0, 0.1) is 0 Å². The summed E-state index contributed by atoms with van der Waals surface area (Å²) in [5.74, 6) is 0.679. The summed E-state index contributed by atoms with van der Waals surface area (Å²) in [5, 5.41) is 8.41. The molecule has 5 aromatic heterocycles. The van der Waals surface area contributed by atoms with Crippen LogP contribution in [0.1, 0.15) is 0 Å². The summed E-state index contributed by atoms with van der Waals surface area (Å²) in [6.45, 7) is 0. The van der Waals surface area contributed by atoms with Gasteiger partial charge in [-0.25, -0.2) is 4.98 Å². The number of aromatic nitrogens is 7. The van der Waals surface area contributed by atoms with E-state index in [0.717, 1.165) is 44.5 Å². The minimum Gasteiger partial charge on any atom is -0.472 e. The van der Waals surface area contributed by atoms with Gasteiger partial charge in [-0.05, 0) is 18.2 Å². The largest absolute Gasteiger partial charge is 0.472 e. The van der Waals surface area contributed by atoms with Gasteiger partial charge >= 0.3 is 0 Å². The quantitative estimate of drug-likeness (QED) is 0.476. The van der Waals surface area contributed by atoms with Crippen LogP contribution >= 0.6 is 0 Å². The molecule has 0 unspecified atom stereocenters. The van der Waals surface area contributed by atoms with Crippen LogP contribution in [-0.4, -0.2) is 35.1 Å². The number of benzene rings is 1. The first-order valence-electron chi connectivity index (χ1n) is 8.99. The highest BCUT2D eigenvalue weighted by Crippen LogP contribution is 2.32. The lowest BCUT2D eigenvalue weighted by molar-refractivity contribution is 0.568. The van der Waals surface area contributed by atoms with Crippen LogP contribution in [0.4, 0.5) is 0 Å². The van der Waals surface area contributed by atoms with Crippen molar-refractivity contribution in [3.8, 4) is 34.0 Å². The number of furan rings is 1. The molecule has 8 nitrogen and oxygen atoms in total. The molecule has 0 saturated heterocycles. The second-order valence-electron chi connectivity index (χ2n) is 6.58. The van der Waals surface area contributed by atoms with Crippen molar-refractivity contribution in [3.05, 3.63) is 67.6 Å². The maximum absolute atomic E-state index is 5.24. The maximum Gasteiger partial charge on any atom is 0.159 e. The third kappa shape index (κ3) is 2.50. The van der Waals surface area contributed by atoms with E-state index in [9.17, 15) is 0 Å². The van der Waals surface area contributed by atoms with Crippen molar-refractivity contribution in [1.82, 2.24) is 35.1 Å². The predicted octanol–water partition coefficient (Wildman–Crippen LogP) is 4.22.